The normalized spacial score (nSPS) is 18.9. The van der Waals surface area contributed by atoms with Crippen LogP contribution in [0.3, 0.4) is 0 Å². The molecular formula is C20H25F3O5S. The molecule has 0 atom stereocenters. The summed E-state index contributed by atoms with van der Waals surface area (Å²) < 4.78 is 69.8. The van der Waals surface area contributed by atoms with E-state index in [2.05, 4.69) is 4.18 Å². The summed E-state index contributed by atoms with van der Waals surface area (Å²) in [6, 6.07) is 0. The standard InChI is InChI=1S/C20H25F3O5S/c1-14(10-12-17-15(2)11-13-19(24)27-17)6-5-8-16-7-3-4-9-18(16)28-29(25,26)20(21,22)23/h4,6,9H,3,5,7-8,10-13H2,1-2H3/b14-6-. The summed E-state index contributed by atoms with van der Waals surface area (Å²) in [5, 5.41) is 0. The largest absolute Gasteiger partial charge is 0.534 e. The third-order valence-corrected chi connectivity index (χ3v) is 5.78. The first-order valence-corrected chi connectivity index (χ1v) is 10.8. The predicted molar refractivity (Wildman–Crippen MR) is 102 cm³/mol. The second kappa shape index (κ2) is 9.65. The van der Waals surface area contributed by atoms with Crippen LogP contribution in [0.1, 0.15) is 65.2 Å². The maximum Gasteiger partial charge on any atom is 0.534 e. The van der Waals surface area contributed by atoms with Crippen LogP contribution in [0.5, 0.6) is 0 Å². The molecule has 0 saturated heterocycles. The maximum absolute atomic E-state index is 12.6. The lowest BCUT2D eigenvalue weighted by Gasteiger charge is -2.18. The highest BCUT2D eigenvalue weighted by Crippen LogP contribution is 2.32. The molecular weight excluding hydrogens is 409 g/mol. The second-order valence-electron chi connectivity index (χ2n) is 7.16. The number of cyclic esters (lactones) is 1. The Morgan fingerprint density at radius 2 is 1.97 bits per heavy atom. The lowest BCUT2D eigenvalue weighted by molar-refractivity contribution is -0.140. The average molecular weight is 434 g/mol. The zero-order valence-corrected chi connectivity index (χ0v) is 17.3. The molecule has 2 rings (SSSR count). The molecule has 0 aromatic heterocycles. The summed E-state index contributed by atoms with van der Waals surface area (Å²) in [6.45, 7) is 3.88. The van der Waals surface area contributed by atoms with E-state index in [-0.39, 0.29) is 11.7 Å². The van der Waals surface area contributed by atoms with Gasteiger partial charge in [-0.3, -0.25) is 4.79 Å². The number of carbonyl (C=O) groups is 1. The molecule has 0 bridgehead atoms. The van der Waals surface area contributed by atoms with Crippen molar-refractivity contribution in [1.82, 2.24) is 0 Å². The highest BCUT2D eigenvalue weighted by Gasteiger charge is 2.49. The molecule has 0 aromatic carbocycles. The summed E-state index contributed by atoms with van der Waals surface area (Å²) in [5.74, 6) is 0.252. The van der Waals surface area contributed by atoms with Crippen molar-refractivity contribution >= 4 is 16.1 Å². The monoisotopic (exact) mass is 434 g/mol. The number of hydrogen-bond acceptors (Lipinski definition) is 5. The van der Waals surface area contributed by atoms with Crippen molar-refractivity contribution in [2.45, 2.75) is 70.7 Å². The molecule has 162 valence electrons. The van der Waals surface area contributed by atoms with Gasteiger partial charge in [0.1, 0.15) is 11.5 Å². The van der Waals surface area contributed by atoms with Gasteiger partial charge in [-0.1, -0.05) is 17.7 Å². The van der Waals surface area contributed by atoms with Gasteiger partial charge in [-0.15, -0.1) is 0 Å². The number of hydrogen-bond donors (Lipinski definition) is 0. The van der Waals surface area contributed by atoms with Gasteiger partial charge in [-0.25, -0.2) is 0 Å². The Hall–Kier alpha value is -2.03. The minimum absolute atomic E-state index is 0.217. The van der Waals surface area contributed by atoms with E-state index in [1.165, 1.54) is 6.08 Å². The molecule has 29 heavy (non-hydrogen) atoms. The van der Waals surface area contributed by atoms with Crippen LogP contribution in [-0.2, 0) is 23.8 Å². The summed E-state index contributed by atoms with van der Waals surface area (Å²) in [6.07, 6.45) is 9.29. The molecule has 0 spiro atoms. The van der Waals surface area contributed by atoms with Crippen molar-refractivity contribution in [2.75, 3.05) is 0 Å². The van der Waals surface area contributed by atoms with E-state index >= 15 is 0 Å². The van der Waals surface area contributed by atoms with Crippen LogP contribution in [0.2, 0.25) is 0 Å². The number of allylic oxidation sites excluding steroid dienone is 7. The van der Waals surface area contributed by atoms with Crippen LogP contribution < -0.4 is 0 Å². The summed E-state index contributed by atoms with van der Waals surface area (Å²) >= 11 is 0. The van der Waals surface area contributed by atoms with Crippen LogP contribution in [-0.4, -0.2) is 19.9 Å². The van der Waals surface area contributed by atoms with Crippen molar-refractivity contribution in [1.29, 1.82) is 0 Å². The van der Waals surface area contributed by atoms with Crippen LogP contribution >= 0.6 is 0 Å². The number of esters is 1. The van der Waals surface area contributed by atoms with Crippen LogP contribution in [0, 0.1) is 0 Å². The Morgan fingerprint density at radius 3 is 2.66 bits per heavy atom. The van der Waals surface area contributed by atoms with Crippen LogP contribution in [0.4, 0.5) is 13.2 Å². The van der Waals surface area contributed by atoms with E-state index in [4.69, 9.17) is 4.74 Å². The molecule has 0 aromatic rings. The fraction of sp³-hybridized carbons (Fsp3) is 0.550. The molecule has 0 radical (unpaired) electrons. The minimum atomic E-state index is -5.67. The zero-order chi connectivity index (χ0) is 21.7. The van der Waals surface area contributed by atoms with Gasteiger partial charge in [0.25, 0.3) is 0 Å². The molecule has 0 N–H and O–H groups in total. The van der Waals surface area contributed by atoms with Gasteiger partial charge >= 0.3 is 21.6 Å². The fourth-order valence-electron chi connectivity index (χ4n) is 3.06. The maximum atomic E-state index is 12.6. The quantitative estimate of drug-likeness (QED) is 0.216. The van der Waals surface area contributed by atoms with Crippen molar-refractivity contribution in [2.24, 2.45) is 0 Å². The number of carbonyl (C=O) groups excluding carboxylic acids is 1. The van der Waals surface area contributed by atoms with E-state index in [0.717, 1.165) is 11.1 Å². The van der Waals surface area contributed by atoms with Gasteiger partial charge in [0.05, 0.1) is 0 Å². The molecule has 5 nitrogen and oxygen atoms in total. The Bertz CT molecular complexity index is 861. The van der Waals surface area contributed by atoms with Crippen molar-refractivity contribution in [3.05, 3.63) is 46.5 Å². The highest BCUT2D eigenvalue weighted by atomic mass is 32.2. The molecule has 9 heteroatoms. The smallest absolute Gasteiger partial charge is 0.431 e. The van der Waals surface area contributed by atoms with Gasteiger partial charge in [0.2, 0.25) is 0 Å². The molecule has 0 fully saturated rings. The molecule has 1 aliphatic carbocycles. The van der Waals surface area contributed by atoms with E-state index in [1.807, 2.05) is 19.9 Å². The highest BCUT2D eigenvalue weighted by molar-refractivity contribution is 7.87. The number of alkyl halides is 3. The molecule has 2 aliphatic rings. The first kappa shape index (κ1) is 23.3. The average Bonchev–Trinajstić information content (AvgIpc) is 2.62. The molecule has 0 amide bonds. The van der Waals surface area contributed by atoms with Gasteiger partial charge in [-0.05, 0) is 69.6 Å². The molecule has 1 aliphatic heterocycles. The second-order valence-corrected chi connectivity index (χ2v) is 8.70. The van der Waals surface area contributed by atoms with E-state index in [9.17, 15) is 26.4 Å². The Kier molecular flexibility index (Phi) is 7.73. The third-order valence-electron chi connectivity index (χ3n) is 4.82. The van der Waals surface area contributed by atoms with Crippen molar-refractivity contribution in [3.8, 4) is 0 Å². The van der Waals surface area contributed by atoms with Crippen LogP contribution in [0.15, 0.2) is 46.5 Å². The SMILES string of the molecule is CC1=C(CC/C(C)=C\CCC2=C(OS(=O)(=O)C(F)(F)F)C=CCC2)OC(=O)CC1. The number of rotatable bonds is 8. The minimum Gasteiger partial charge on any atom is -0.431 e. The van der Waals surface area contributed by atoms with Crippen molar-refractivity contribution in [3.63, 3.8) is 0 Å². The molecule has 0 unspecified atom stereocenters. The van der Waals surface area contributed by atoms with E-state index in [0.29, 0.717) is 62.7 Å². The number of halogens is 3. The lowest BCUT2D eigenvalue weighted by atomic mass is 9.97. The lowest BCUT2D eigenvalue weighted by Crippen LogP contribution is -2.25. The predicted octanol–water partition coefficient (Wildman–Crippen LogP) is 5.57. The van der Waals surface area contributed by atoms with Gasteiger partial charge in [-0.2, -0.15) is 21.6 Å². The van der Waals surface area contributed by atoms with Gasteiger partial charge in [0.15, 0.2) is 0 Å². The Labute approximate surface area is 169 Å². The fourth-order valence-corrected chi connectivity index (χ4v) is 3.57. The third kappa shape index (κ3) is 6.76. The summed E-state index contributed by atoms with van der Waals surface area (Å²) in [7, 11) is -5.67. The van der Waals surface area contributed by atoms with Crippen molar-refractivity contribution < 1.29 is 35.3 Å². The van der Waals surface area contributed by atoms with Gasteiger partial charge < -0.3 is 8.92 Å². The van der Waals surface area contributed by atoms with E-state index < -0.39 is 15.6 Å². The summed E-state index contributed by atoms with van der Waals surface area (Å²) in [4.78, 5) is 11.4. The Morgan fingerprint density at radius 1 is 1.24 bits per heavy atom. The Balaban J connectivity index is 1.95. The number of ether oxygens (including phenoxy) is 1. The zero-order valence-electron chi connectivity index (χ0n) is 16.5. The first-order chi connectivity index (χ1) is 13.5. The summed E-state index contributed by atoms with van der Waals surface area (Å²) in [5.41, 5.74) is -2.78. The molecule has 0 saturated carbocycles. The first-order valence-electron chi connectivity index (χ1n) is 9.44. The molecule has 1 heterocycles. The van der Waals surface area contributed by atoms with E-state index in [1.54, 1.807) is 6.08 Å². The topological polar surface area (TPSA) is 69.7 Å². The van der Waals surface area contributed by atoms with Gasteiger partial charge in [0, 0.05) is 12.8 Å². The van der Waals surface area contributed by atoms with Crippen LogP contribution in [0.25, 0.3) is 0 Å².